The first-order valence-corrected chi connectivity index (χ1v) is 9.01. The molecule has 0 atom stereocenters. The smallest absolute Gasteiger partial charge is 0.417 e. The summed E-state index contributed by atoms with van der Waals surface area (Å²) >= 11 is 0. The second-order valence-electron chi connectivity index (χ2n) is 5.94. The normalized spacial score (nSPS) is 21.3. The number of halogens is 3. The number of aliphatic carboxylic acids is 1. The van der Waals surface area contributed by atoms with Crippen LogP contribution in [0, 0.1) is 16.0 Å². The van der Waals surface area contributed by atoms with Gasteiger partial charge >= 0.3 is 12.1 Å². The Balaban J connectivity index is 2.29. The van der Waals surface area contributed by atoms with Gasteiger partial charge in [-0.05, 0) is 31.7 Å². The first-order valence-electron chi connectivity index (χ1n) is 7.52. The molecule has 2 N–H and O–H groups in total. The molecule has 0 unspecified atom stereocenters. The minimum absolute atomic E-state index is 0.171. The van der Waals surface area contributed by atoms with Crippen molar-refractivity contribution in [1.29, 1.82) is 0 Å². The Kier molecular flexibility index (Phi) is 5.56. The van der Waals surface area contributed by atoms with E-state index >= 15 is 0 Å². The Morgan fingerprint density at radius 3 is 2.27 bits per heavy atom. The molecule has 1 aromatic carbocycles. The molecule has 0 amide bonds. The lowest BCUT2D eigenvalue weighted by Crippen LogP contribution is -2.39. The van der Waals surface area contributed by atoms with E-state index in [0.29, 0.717) is 12.1 Å². The van der Waals surface area contributed by atoms with Crippen LogP contribution in [0.2, 0.25) is 0 Å². The van der Waals surface area contributed by atoms with Gasteiger partial charge < -0.3 is 5.11 Å². The van der Waals surface area contributed by atoms with E-state index in [4.69, 9.17) is 5.11 Å². The van der Waals surface area contributed by atoms with Crippen LogP contribution >= 0.6 is 0 Å². The van der Waals surface area contributed by atoms with Gasteiger partial charge in [0.15, 0.2) is 0 Å². The molecular formula is C14H15F3N2O6S. The maximum Gasteiger partial charge on any atom is 0.417 e. The summed E-state index contributed by atoms with van der Waals surface area (Å²) < 4.78 is 66.4. The fraction of sp³-hybridized carbons (Fsp3) is 0.500. The zero-order chi connectivity index (χ0) is 19.7. The Bertz CT molecular complexity index is 816. The standard InChI is InChI=1S/C14H15F3N2O6S/c15-14(16,17)11-7-10(19(22)23)5-6-12(11)26(24,25)18-9-3-1-8(2-4-9)13(20)21/h5-9,18H,1-4H2,(H,20,21). The van der Waals surface area contributed by atoms with Crippen LogP contribution in [0.3, 0.4) is 0 Å². The molecule has 0 saturated heterocycles. The van der Waals surface area contributed by atoms with Gasteiger partial charge in [0.25, 0.3) is 5.69 Å². The van der Waals surface area contributed by atoms with Crippen LogP contribution < -0.4 is 4.72 Å². The van der Waals surface area contributed by atoms with Crippen molar-refractivity contribution in [3.05, 3.63) is 33.9 Å². The maximum absolute atomic E-state index is 13.2. The highest BCUT2D eigenvalue weighted by Crippen LogP contribution is 2.37. The number of carboxylic acids is 1. The molecule has 1 fully saturated rings. The number of nitrogens with zero attached hydrogens (tertiary/aromatic N) is 1. The van der Waals surface area contributed by atoms with Gasteiger partial charge in [-0.1, -0.05) is 0 Å². The average molecular weight is 396 g/mol. The molecule has 0 aliphatic heterocycles. The van der Waals surface area contributed by atoms with E-state index in [1.165, 1.54) is 0 Å². The second kappa shape index (κ2) is 7.19. The Morgan fingerprint density at radius 1 is 1.23 bits per heavy atom. The van der Waals surface area contributed by atoms with Gasteiger partial charge in [-0.15, -0.1) is 0 Å². The van der Waals surface area contributed by atoms with Crippen molar-refractivity contribution in [1.82, 2.24) is 4.72 Å². The summed E-state index contributed by atoms with van der Waals surface area (Å²) in [6.07, 6.45) is -4.35. The molecule has 1 aliphatic rings. The number of sulfonamides is 1. The molecule has 12 heteroatoms. The number of carbonyl (C=O) groups is 1. The summed E-state index contributed by atoms with van der Waals surface area (Å²) in [4.78, 5) is 19.4. The minimum Gasteiger partial charge on any atom is -0.481 e. The third kappa shape index (κ3) is 4.49. The van der Waals surface area contributed by atoms with Crippen LogP contribution in [0.4, 0.5) is 18.9 Å². The van der Waals surface area contributed by atoms with Crippen LogP contribution in [0.25, 0.3) is 0 Å². The fourth-order valence-corrected chi connectivity index (χ4v) is 4.34. The molecule has 0 heterocycles. The van der Waals surface area contributed by atoms with Crippen molar-refractivity contribution in [3.8, 4) is 0 Å². The lowest BCUT2D eigenvalue weighted by molar-refractivity contribution is -0.385. The number of hydrogen-bond donors (Lipinski definition) is 2. The molecule has 1 aliphatic carbocycles. The van der Waals surface area contributed by atoms with Gasteiger partial charge in [-0.25, -0.2) is 13.1 Å². The Labute approximate surface area is 146 Å². The second-order valence-corrected chi connectivity index (χ2v) is 7.63. The van der Waals surface area contributed by atoms with E-state index in [0.717, 1.165) is 0 Å². The number of benzene rings is 1. The maximum atomic E-state index is 13.2. The average Bonchev–Trinajstić information content (AvgIpc) is 2.53. The number of non-ortho nitro benzene ring substituents is 1. The molecule has 2 rings (SSSR count). The van der Waals surface area contributed by atoms with E-state index in [-0.39, 0.29) is 31.7 Å². The topological polar surface area (TPSA) is 127 Å². The van der Waals surface area contributed by atoms with E-state index < -0.39 is 55.2 Å². The molecule has 144 valence electrons. The third-order valence-corrected chi connectivity index (χ3v) is 5.75. The van der Waals surface area contributed by atoms with E-state index in [2.05, 4.69) is 4.72 Å². The summed E-state index contributed by atoms with van der Waals surface area (Å²) in [5, 5.41) is 19.6. The molecule has 1 aromatic rings. The number of nitrogens with one attached hydrogen (secondary N) is 1. The van der Waals surface area contributed by atoms with Crippen LogP contribution in [0.1, 0.15) is 31.2 Å². The molecule has 0 bridgehead atoms. The summed E-state index contributed by atoms with van der Waals surface area (Å²) in [6.45, 7) is 0. The predicted molar refractivity (Wildman–Crippen MR) is 81.8 cm³/mol. The highest BCUT2D eigenvalue weighted by Gasteiger charge is 2.39. The van der Waals surface area contributed by atoms with Gasteiger partial charge in [0.05, 0.1) is 21.3 Å². The molecule has 8 nitrogen and oxygen atoms in total. The highest BCUT2D eigenvalue weighted by molar-refractivity contribution is 7.89. The molecular weight excluding hydrogens is 381 g/mol. The molecule has 0 radical (unpaired) electrons. The predicted octanol–water partition coefficient (Wildman–Crippen LogP) is 2.54. The summed E-state index contributed by atoms with van der Waals surface area (Å²) in [5.41, 5.74) is -2.50. The lowest BCUT2D eigenvalue weighted by atomic mass is 9.87. The van der Waals surface area contributed by atoms with Crippen molar-refractivity contribution in [2.45, 2.75) is 42.8 Å². The molecule has 0 spiro atoms. The Morgan fingerprint density at radius 2 is 1.81 bits per heavy atom. The number of alkyl halides is 3. The SMILES string of the molecule is O=C(O)C1CCC(NS(=O)(=O)c2ccc([N+](=O)[O-])cc2C(F)(F)F)CC1. The summed E-state index contributed by atoms with van der Waals surface area (Å²) in [6, 6.07) is 0.708. The molecule has 26 heavy (non-hydrogen) atoms. The first-order chi connectivity index (χ1) is 11.9. The van der Waals surface area contributed by atoms with Gasteiger partial charge in [-0.2, -0.15) is 13.2 Å². The van der Waals surface area contributed by atoms with Gasteiger partial charge in [0.1, 0.15) is 0 Å². The monoisotopic (exact) mass is 396 g/mol. The van der Waals surface area contributed by atoms with Crippen LogP contribution in [0.5, 0.6) is 0 Å². The summed E-state index contributed by atoms with van der Waals surface area (Å²) in [7, 11) is -4.59. The van der Waals surface area contributed by atoms with Crippen molar-refractivity contribution in [2.24, 2.45) is 5.92 Å². The zero-order valence-corrected chi connectivity index (χ0v) is 14.0. The van der Waals surface area contributed by atoms with Gasteiger partial charge in [0, 0.05) is 18.2 Å². The molecule has 0 aromatic heterocycles. The van der Waals surface area contributed by atoms with Crippen molar-refractivity contribution < 1.29 is 36.4 Å². The third-order valence-electron chi connectivity index (χ3n) is 4.17. The van der Waals surface area contributed by atoms with Crippen molar-refractivity contribution >= 4 is 21.7 Å². The highest BCUT2D eigenvalue weighted by atomic mass is 32.2. The molecule has 1 saturated carbocycles. The minimum atomic E-state index is -5.10. The first kappa shape index (κ1) is 20.1. The van der Waals surface area contributed by atoms with E-state index in [1.54, 1.807) is 0 Å². The van der Waals surface area contributed by atoms with Gasteiger partial charge in [-0.3, -0.25) is 14.9 Å². The largest absolute Gasteiger partial charge is 0.481 e. The summed E-state index contributed by atoms with van der Waals surface area (Å²) in [5.74, 6) is -1.61. The number of nitro benzene ring substituents is 1. The van der Waals surface area contributed by atoms with Crippen LogP contribution in [0.15, 0.2) is 23.1 Å². The number of hydrogen-bond acceptors (Lipinski definition) is 5. The quantitative estimate of drug-likeness (QED) is 0.582. The van der Waals surface area contributed by atoms with Crippen LogP contribution in [-0.4, -0.2) is 30.5 Å². The van der Waals surface area contributed by atoms with Crippen molar-refractivity contribution in [2.75, 3.05) is 0 Å². The van der Waals surface area contributed by atoms with E-state index in [9.17, 15) is 36.5 Å². The number of carboxylic acid groups (broad SMARTS) is 1. The lowest BCUT2D eigenvalue weighted by Gasteiger charge is -2.27. The van der Waals surface area contributed by atoms with Gasteiger partial charge in [0.2, 0.25) is 10.0 Å². The zero-order valence-electron chi connectivity index (χ0n) is 13.2. The van der Waals surface area contributed by atoms with Crippen LogP contribution in [-0.2, 0) is 21.0 Å². The number of rotatable bonds is 5. The van der Waals surface area contributed by atoms with E-state index in [1.807, 2.05) is 0 Å². The van der Waals surface area contributed by atoms with Crippen molar-refractivity contribution in [3.63, 3.8) is 0 Å². The number of nitro groups is 1. The fourth-order valence-electron chi connectivity index (χ4n) is 2.83. The Hall–Kier alpha value is -2.21.